The van der Waals surface area contributed by atoms with Crippen LogP contribution in [0.15, 0.2) is 46.9 Å². The molecular formula is C15H12BrClN2O4. The average molecular weight is 400 g/mol. The Labute approximate surface area is 145 Å². The van der Waals surface area contributed by atoms with Crippen molar-refractivity contribution in [3.63, 3.8) is 0 Å². The van der Waals surface area contributed by atoms with Crippen LogP contribution in [0.5, 0.6) is 11.5 Å². The summed E-state index contributed by atoms with van der Waals surface area (Å²) >= 11 is 9.07. The van der Waals surface area contributed by atoms with E-state index in [9.17, 15) is 14.7 Å². The van der Waals surface area contributed by atoms with Gasteiger partial charge >= 0.3 is 0 Å². The zero-order valence-electron chi connectivity index (χ0n) is 11.7. The first kappa shape index (κ1) is 17.1. The summed E-state index contributed by atoms with van der Waals surface area (Å²) in [4.78, 5) is 23.4. The Hall–Kier alpha value is -2.25. The van der Waals surface area contributed by atoms with Crippen molar-refractivity contribution in [2.24, 2.45) is 0 Å². The highest BCUT2D eigenvalue weighted by Gasteiger charge is 2.09. The second-order valence-corrected chi connectivity index (χ2v) is 5.71. The molecule has 2 rings (SSSR count). The van der Waals surface area contributed by atoms with E-state index < -0.39 is 11.8 Å². The average Bonchev–Trinajstić information content (AvgIpc) is 2.51. The Kier molecular flexibility index (Phi) is 5.84. The number of rotatable bonds is 4. The molecule has 6 nitrogen and oxygen atoms in total. The van der Waals surface area contributed by atoms with Gasteiger partial charge in [0.1, 0.15) is 11.5 Å². The van der Waals surface area contributed by atoms with Crippen LogP contribution in [0, 0.1) is 0 Å². The van der Waals surface area contributed by atoms with Crippen LogP contribution in [0.2, 0.25) is 5.02 Å². The molecule has 2 aromatic carbocycles. The van der Waals surface area contributed by atoms with E-state index in [0.717, 1.165) is 0 Å². The fourth-order valence-corrected chi connectivity index (χ4v) is 2.41. The molecule has 0 heterocycles. The largest absolute Gasteiger partial charge is 0.508 e. The van der Waals surface area contributed by atoms with Gasteiger partial charge in [-0.25, -0.2) is 0 Å². The van der Waals surface area contributed by atoms with Crippen LogP contribution in [-0.2, 0) is 4.79 Å². The number of halogens is 2. The lowest BCUT2D eigenvalue weighted by Crippen LogP contribution is -2.43. The maximum Gasteiger partial charge on any atom is 0.276 e. The molecule has 0 aliphatic heterocycles. The molecule has 0 spiro atoms. The van der Waals surface area contributed by atoms with E-state index in [-0.39, 0.29) is 17.9 Å². The first-order valence-corrected chi connectivity index (χ1v) is 7.59. The molecule has 23 heavy (non-hydrogen) atoms. The summed E-state index contributed by atoms with van der Waals surface area (Å²) in [5.41, 5.74) is 4.65. The molecular weight excluding hydrogens is 388 g/mol. The third-order valence-corrected chi connectivity index (χ3v) is 3.53. The van der Waals surface area contributed by atoms with Crippen molar-refractivity contribution in [3.8, 4) is 11.5 Å². The van der Waals surface area contributed by atoms with E-state index in [1.54, 1.807) is 18.2 Å². The number of hydrogen-bond acceptors (Lipinski definition) is 4. The molecule has 0 saturated carbocycles. The standard InChI is InChI=1S/C15H12BrClN2O4/c16-12-7-10(17)4-5-13(12)23-8-14(21)18-19-15(22)9-2-1-3-11(20)6-9/h1-7,20H,8H2,(H,18,21)(H,19,22). The Morgan fingerprint density at radius 1 is 1.17 bits per heavy atom. The molecule has 8 heteroatoms. The van der Waals surface area contributed by atoms with Gasteiger partial charge in [0.05, 0.1) is 4.47 Å². The quantitative estimate of drug-likeness (QED) is 0.690. The zero-order chi connectivity index (χ0) is 16.8. The van der Waals surface area contributed by atoms with Crippen molar-refractivity contribution in [1.82, 2.24) is 10.9 Å². The minimum absolute atomic E-state index is 0.0418. The minimum atomic E-state index is -0.554. The van der Waals surface area contributed by atoms with Crippen LogP contribution in [0.3, 0.4) is 0 Å². The SMILES string of the molecule is O=C(COc1ccc(Cl)cc1Br)NNC(=O)c1cccc(O)c1. The molecule has 0 aromatic heterocycles. The third-order valence-electron chi connectivity index (χ3n) is 2.68. The molecule has 2 amide bonds. The summed E-state index contributed by atoms with van der Waals surface area (Å²) in [7, 11) is 0. The number of carbonyl (C=O) groups is 2. The molecule has 0 bridgehead atoms. The first-order valence-electron chi connectivity index (χ1n) is 6.42. The molecule has 0 aliphatic carbocycles. The van der Waals surface area contributed by atoms with Gasteiger partial charge in [0, 0.05) is 10.6 Å². The van der Waals surface area contributed by atoms with E-state index in [1.165, 1.54) is 24.3 Å². The fourth-order valence-electron chi connectivity index (χ4n) is 1.62. The first-order chi connectivity index (χ1) is 11.0. The van der Waals surface area contributed by atoms with Gasteiger partial charge in [-0.15, -0.1) is 0 Å². The minimum Gasteiger partial charge on any atom is -0.508 e. The van der Waals surface area contributed by atoms with Gasteiger partial charge in [-0.05, 0) is 52.3 Å². The fraction of sp³-hybridized carbons (Fsp3) is 0.0667. The number of amides is 2. The number of ether oxygens (including phenoxy) is 1. The predicted molar refractivity (Wildman–Crippen MR) is 88.4 cm³/mol. The number of nitrogens with one attached hydrogen (secondary N) is 2. The van der Waals surface area contributed by atoms with Crippen LogP contribution in [0.1, 0.15) is 10.4 Å². The van der Waals surface area contributed by atoms with Crippen molar-refractivity contribution in [1.29, 1.82) is 0 Å². The second kappa shape index (κ2) is 7.85. The monoisotopic (exact) mass is 398 g/mol. The molecule has 0 saturated heterocycles. The highest BCUT2D eigenvalue weighted by Crippen LogP contribution is 2.27. The van der Waals surface area contributed by atoms with E-state index in [2.05, 4.69) is 26.8 Å². The summed E-state index contributed by atoms with van der Waals surface area (Å²) in [6.07, 6.45) is 0. The number of aromatic hydroxyl groups is 1. The Morgan fingerprint density at radius 2 is 1.96 bits per heavy atom. The van der Waals surface area contributed by atoms with Crippen LogP contribution in [0.4, 0.5) is 0 Å². The highest BCUT2D eigenvalue weighted by atomic mass is 79.9. The van der Waals surface area contributed by atoms with Gasteiger partial charge in [-0.1, -0.05) is 17.7 Å². The number of hydrogen-bond donors (Lipinski definition) is 3. The van der Waals surface area contributed by atoms with Gasteiger partial charge in [-0.2, -0.15) is 0 Å². The summed E-state index contributed by atoms with van der Waals surface area (Å²) < 4.78 is 5.91. The number of phenolic OH excluding ortho intramolecular Hbond substituents is 1. The van der Waals surface area contributed by atoms with Gasteiger partial charge in [0.2, 0.25) is 0 Å². The van der Waals surface area contributed by atoms with Crippen LogP contribution < -0.4 is 15.6 Å². The Bertz CT molecular complexity index is 739. The van der Waals surface area contributed by atoms with Crippen LogP contribution in [-0.4, -0.2) is 23.5 Å². The van der Waals surface area contributed by atoms with E-state index in [0.29, 0.717) is 15.2 Å². The van der Waals surface area contributed by atoms with E-state index in [1.807, 2.05) is 0 Å². The molecule has 0 atom stereocenters. The third kappa shape index (κ3) is 5.15. The van der Waals surface area contributed by atoms with Gasteiger partial charge in [0.15, 0.2) is 6.61 Å². The molecule has 0 unspecified atom stereocenters. The lowest BCUT2D eigenvalue weighted by atomic mass is 10.2. The maximum atomic E-state index is 11.8. The van der Waals surface area contributed by atoms with Crippen molar-refractivity contribution in [3.05, 3.63) is 57.5 Å². The zero-order valence-corrected chi connectivity index (χ0v) is 14.0. The smallest absolute Gasteiger partial charge is 0.276 e. The Morgan fingerprint density at radius 3 is 2.65 bits per heavy atom. The van der Waals surface area contributed by atoms with E-state index >= 15 is 0 Å². The molecule has 0 radical (unpaired) electrons. The van der Waals surface area contributed by atoms with Crippen molar-refractivity contribution in [2.75, 3.05) is 6.61 Å². The number of benzene rings is 2. The normalized spacial score (nSPS) is 10.0. The molecule has 0 fully saturated rings. The molecule has 0 aliphatic rings. The van der Waals surface area contributed by atoms with E-state index in [4.69, 9.17) is 16.3 Å². The van der Waals surface area contributed by atoms with Gasteiger partial charge < -0.3 is 9.84 Å². The van der Waals surface area contributed by atoms with Crippen LogP contribution >= 0.6 is 27.5 Å². The number of carbonyl (C=O) groups excluding carboxylic acids is 2. The van der Waals surface area contributed by atoms with Crippen molar-refractivity contribution >= 4 is 39.3 Å². The van der Waals surface area contributed by atoms with Gasteiger partial charge in [-0.3, -0.25) is 20.4 Å². The van der Waals surface area contributed by atoms with Crippen molar-refractivity contribution in [2.45, 2.75) is 0 Å². The Balaban J connectivity index is 1.82. The topological polar surface area (TPSA) is 87.7 Å². The lowest BCUT2D eigenvalue weighted by Gasteiger charge is -2.10. The molecule has 2 aromatic rings. The van der Waals surface area contributed by atoms with Crippen LogP contribution in [0.25, 0.3) is 0 Å². The highest BCUT2D eigenvalue weighted by molar-refractivity contribution is 9.10. The second-order valence-electron chi connectivity index (χ2n) is 4.42. The summed E-state index contributed by atoms with van der Waals surface area (Å²) in [5, 5.41) is 9.83. The van der Waals surface area contributed by atoms with Gasteiger partial charge in [0.25, 0.3) is 11.8 Å². The summed E-state index contributed by atoms with van der Waals surface area (Å²) in [6.45, 7) is -0.291. The molecule has 120 valence electrons. The van der Waals surface area contributed by atoms with Crippen molar-refractivity contribution < 1.29 is 19.4 Å². The summed E-state index contributed by atoms with van der Waals surface area (Å²) in [5.74, 6) is -0.689. The predicted octanol–water partition coefficient (Wildman–Crippen LogP) is 2.65. The number of hydrazine groups is 1. The number of phenols is 1. The lowest BCUT2D eigenvalue weighted by molar-refractivity contribution is -0.123. The maximum absolute atomic E-state index is 11.8. The summed E-state index contributed by atoms with van der Waals surface area (Å²) in [6, 6.07) is 10.6. The molecule has 3 N–H and O–H groups in total.